The summed E-state index contributed by atoms with van der Waals surface area (Å²) in [6, 6.07) is 4.13. The number of anilines is 1. The van der Waals surface area contributed by atoms with Crippen molar-refractivity contribution in [3.63, 3.8) is 0 Å². The Morgan fingerprint density at radius 3 is 2.69 bits per heavy atom. The van der Waals surface area contributed by atoms with Crippen molar-refractivity contribution in [2.45, 2.75) is 32.5 Å². The zero-order valence-electron chi connectivity index (χ0n) is 14.7. The fourth-order valence-corrected chi connectivity index (χ4v) is 3.52. The van der Waals surface area contributed by atoms with Gasteiger partial charge in [-0.25, -0.2) is 4.39 Å². The molecule has 0 aliphatic rings. The van der Waals surface area contributed by atoms with Crippen molar-refractivity contribution >= 4 is 47.6 Å². The Balaban J connectivity index is 2.51. The van der Waals surface area contributed by atoms with Gasteiger partial charge in [-0.15, -0.1) is 0 Å². The predicted octanol–water partition coefficient (Wildman–Crippen LogP) is 5.77. The molecule has 0 unspecified atom stereocenters. The van der Waals surface area contributed by atoms with Gasteiger partial charge in [0.2, 0.25) is 31.6 Å². The van der Waals surface area contributed by atoms with E-state index in [0.717, 1.165) is 0 Å². The fourth-order valence-electron chi connectivity index (χ4n) is 2.19. The van der Waals surface area contributed by atoms with E-state index in [1.54, 1.807) is 0 Å². The van der Waals surface area contributed by atoms with Crippen LogP contribution in [0.25, 0.3) is 11.3 Å². The second-order valence-corrected chi connectivity index (χ2v) is 12.2. The standard InChI is InChI=1S/C17H20BrClFNO4Si/c1-26(2,3)25-16-14(23)15(13-10(19)6-4-7-11(13)20)24-17(16)21-12(22)8-5-9-18/h4,6-7,23H,5,8-9H2,1-3H3,(H,21,22). The number of alkyl halides is 1. The summed E-state index contributed by atoms with van der Waals surface area (Å²) in [6.45, 7) is 5.73. The Labute approximate surface area is 165 Å². The van der Waals surface area contributed by atoms with Gasteiger partial charge in [-0.2, -0.15) is 0 Å². The highest BCUT2D eigenvalue weighted by atomic mass is 79.9. The number of benzene rings is 1. The number of hydrogen-bond acceptors (Lipinski definition) is 4. The van der Waals surface area contributed by atoms with E-state index in [0.29, 0.717) is 11.8 Å². The Morgan fingerprint density at radius 2 is 2.12 bits per heavy atom. The lowest BCUT2D eigenvalue weighted by atomic mass is 10.1. The first kappa shape index (κ1) is 20.8. The van der Waals surface area contributed by atoms with Crippen LogP contribution >= 0.6 is 27.5 Å². The number of carbonyl (C=O) groups excluding carboxylic acids is 1. The van der Waals surface area contributed by atoms with Crippen LogP contribution in [-0.4, -0.2) is 24.7 Å². The quantitative estimate of drug-likeness (QED) is 0.403. The summed E-state index contributed by atoms with van der Waals surface area (Å²) in [5.74, 6) is -1.60. The number of aromatic hydroxyl groups is 1. The third-order valence-corrected chi connectivity index (χ3v) is 4.92. The molecule has 2 aromatic rings. The molecule has 2 rings (SSSR count). The molecule has 0 saturated carbocycles. The lowest BCUT2D eigenvalue weighted by Crippen LogP contribution is -2.29. The summed E-state index contributed by atoms with van der Waals surface area (Å²) in [5.41, 5.74) is -0.0898. The molecule has 0 aliphatic heterocycles. The first-order chi connectivity index (χ1) is 12.1. The summed E-state index contributed by atoms with van der Waals surface area (Å²) in [7, 11) is -2.16. The van der Waals surface area contributed by atoms with Gasteiger partial charge in [-0.05, 0) is 38.2 Å². The Kier molecular flexibility index (Phi) is 6.76. The Hall–Kier alpha value is -1.51. The van der Waals surface area contributed by atoms with Crippen LogP contribution in [0.3, 0.4) is 0 Å². The van der Waals surface area contributed by atoms with Crippen LogP contribution in [0.5, 0.6) is 11.5 Å². The summed E-state index contributed by atoms with van der Waals surface area (Å²) in [4.78, 5) is 12.1. The van der Waals surface area contributed by atoms with E-state index in [4.69, 9.17) is 20.4 Å². The van der Waals surface area contributed by atoms with Crippen LogP contribution in [0.1, 0.15) is 12.8 Å². The van der Waals surface area contributed by atoms with Gasteiger partial charge in [0, 0.05) is 11.8 Å². The van der Waals surface area contributed by atoms with E-state index >= 15 is 0 Å². The van der Waals surface area contributed by atoms with Gasteiger partial charge >= 0.3 is 0 Å². The minimum absolute atomic E-state index is 0.00863. The average Bonchev–Trinajstić information content (AvgIpc) is 2.80. The molecule has 142 valence electrons. The van der Waals surface area contributed by atoms with Crippen molar-refractivity contribution in [2.24, 2.45) is 0 Å². The maximum absolute atomic E-state index is 14.2. The van der Waals surface area contributed by atoms with Crippen LogP contribution in [0, 0.1) is 5.82 Å². The van der Waals surface area contributed by atoms with E-state index in [2.05, 4.69) is 21.2 Å². The van der Waals surface area contributed by atoms with Crippen molar-refractivity contribution in [3.05, 3.63) is 29.0 Å². The zero-order valence-corrected chi connectivity index (χ0v) is 18.0. The lowest BCUT2D eigenvalue weighted by molar-refractivity contribution is -0.116. The van der Waals surface area contributed by atoms with Crippen molar-refractivity contribution in [2.75, 3.05) is 10.6 Å². The zero-order chi connectivity index (χ0) is 19.5. The normalized spacial score (nSPS) is 11.5. The van der Waals surface area contributed by atoms with E-state index in [1.165, 1.54) is 18.2 Å². The molecule has 0 atom stereocenters. The molecule has 5 nitrogen and oxygen atoms in total. The molecule has 0 saturated heterocycles. The molecular weight excluding hydrogens is 445 g/mol. The minimum atomic E-state index is -2.16. The summed E-state index contributed by atoms with van der Waals surface area (Å²) in [6.07, 6.45) is 0.892. The van der Waals surface area contributed by atoms with Gasteiger partial charge in [0.25, 0.3) is 0 Å². The van der Waals surface area contributed by atoms with Crippen LogP contribution in [0.2, 0.25) is 24.7 Å². The molecule has 9 heteroatoms. The van der Waals surface area contributed by atoms with Gasteiger partial charge in [0.15, 0.2) is 5.76 Å². The molecule has 2 N–H and O–H groups in total. The van der Waals surface area contributed by atoms with Crippen molar-refractivity contribution < 1.29 is 23.1 Å². The van der Waals surface area contributed by atoms with E-state index in [9.17, 15) is 14.3 Å². The minimum Gasteiger partial charge on any atom is -0.538 e. The Bertz CT molecular complexity index is 787. The van der Waals surface area contributed by atoms with Crippen LogP contribution in [-0.2, 0) is 4.79 Å². The molecule has 0 bridgehead atoms. The number of rotatable bonds is 7. The third-order valence-electron chi connectivity index (χ3n) is 3.23. The van der Waals surface area contributed by atoms with E-state index in [-0.39, 0.29) is 40.3 Å². The molecule has 0 fully saturated rings. The topological polar surface area (TPSA) is 71.7 Å². The first-order valence-electron chi connectivity index (χ1n) is 7.99. The molecule has 1 amide bonds. The highest BCUT2D eigenvalue weighted by Gasteiger charge is 2.30. The largest absolute Gasteiger partial charge is 0.538 e. The molecule has 26 heavy (non-hydrogen) atoms. The highest BCUT2D eigenvalue weighted by molar-refractivity contribution is 9.09. The summed E-state index contributed by atoms with van der Waals surface area (Å²) >= 11 is 9.33. The van der Waals surface area contributed by atoms with Gasteiger partial charge in [0.1, 0.15) is 5.82 Å². The predicted molar refractivity (Wildman–Crippen MR) is 106 cm³/mol. The van der Waals surface area contributed by atoms with Gasteiger partial charge in [-0.1, -0.05) is 33.6 Å². The number of hydrogen-bond donors (Lipinski definition) is 2. The monoisotopic (exact) mass is 463 g/mol. The molecular formula is C17H20BrClFNO4Si. The molecule has 1 aromatic heterocycles. The maximum Gasteiger partial charge on any atom is 0.245 e. The van der Waals surface area contributed by atoms with Crippen LogP contribution in [0.4, 0.5) is 10.3 Å². The number of halogens is 3. The maximum atomic E-state index is 14.2. The smallest absolute Gasteiger partial charge is 0.245 e. The summed E-state index contributed by atoms with van der Waals surface area (Å²) in [5, 5.41) is 13.9. The van der Waals surface area contributed by atoms with E-state index < -0.39 is 19.9 Å². The van der Waals surface area contributed by atoms with Crippen LogP contribution in [0.15, 0.2) is 22.6 Å². The highest BCUT2D eigenvalue weighted by Crippen LogP contribution is 2.49. The van der Waals surface area contributed by atoms with Crippen molar-refractivity contribution in [1.29, 1.82) is 0 Å². The molecule has 1 heterocycles. The number of nitrogens with one attached hydrogen (secondary N) is 1. The lowest BCUT2D eigenvalue weighted by Gasteiger charge is -2.18. The van der Waals surface area contributed by atoms with Gasteiger partial charge < -0.3 is 13.9 Å². The van der Waals surface area contributed by atoms with Gasteiger partial charge in [-0.3, -0.25) is 10.1 Å². The number of carbonyl (C=O) groups is 1. The SMILES string of the molecule is C[Si](C)(C)Oc1c(NC(=O)CCCBr)oc(-c2c(F)cccc2Cl)c1O. The molecule has 0 spiro atoms. The van der Waals surface area contributed by atoms with Gasteiger partial charge in [0.05, 0.1) is 10.6 Å². The third kappa shape index (κ3) is 5.02. The second-order valence-electron chi connectivity index (χ2n) is 6.59. The fraction of sp³-hybridized carbons (Fsp3) is 0.353. The molecule has 0 aliphatic carbocycles. The second kappa shape index (κ2) is 8.45. The van der Waals surface area contributed by atoms with Crippen LogP contribution < -0.4 is 9.74 Å². The van der Waals surface area contributed by atoms with Crippen molar-refractivity contribution in [1.82, 2.24) is 0 Å². The number of furan rings is 1. The number of amides is 1. The van der Waals surface area contributed by atoms with Crippen molar-refractivity contribution in [3.8, 4) is 22.8 Å². The Morgan fingerprint density at radius 1 is 1.42 bits per heavy atom. The first-order valence-corrected chi connectivity index (χ1v) is 12.9. The molecule has 0 radical (unpaired) electrons. The van der Waals surface area contributed by atoms with E-state index in [1.807, 2.05) is 19.6 Å². The summed E-state index contributed by atoms with van der Waals surface area (Å²) < 4.78 is 25.7. The molecule has 1 aromatic carbocycles. The average molecular weight is 465 g/mol.